The van der Waals surface area contributed by atoms with E-state index in [2.05, 4.69) is 21.5 Å². The van der Waals surface area contributed by atoms with E-state index in [1.54, 1.807) is 4.90 Å². The van der Waals surface area contributed by atoms with Gasteiger partial charge >= 0.3 is 0 Å². The molecule has 1 aromatic rings. The number of amides is 2. The molecule has 0 saturated carbocycles. The van der Waals surface area contributed by atoms with Crippen molar-refractivity contribution in [1.82, 2.24) is 10.2 Å². The summed E-state index contributed by atoms with van der Waals surface area (Å²) in [6, 6.07) is 7.55. The van der Waals surface area contributed by atoms with Crippen LogP contribution < -0.4 is 5.32 Å². The molecule has 0 bridgehead atoms. The summed E-state index contributed by atoms with van der Waals surface area (Å²) in [5.41, 5.74) is 1.35. The number of fused-ring (bicyclic) bond motifs is 1. The molecule has 0 aromatic heterocycles. The van der Waals surface area contributed by atoms with Crippen molar-refractivity contribution in [3.05, 3.63) is 35.4 Å². The van der Waals surface area contributed by atoms with E-state index in [4.69, 9.17) is 6.42 Å². The van der Waals surface area contributed by atoms with Gasteiger partial charge in [0.05, 0.1) is 6.54 Å². The topological polar surface area (TPSA) is 74.1 Å². The minimum Gasteiger partial charge on any atom is -0.354 e. The number of rotatable bonds is 7. The van der Waals surface area contributed by atoms with Gasteiger partial charge in [0.1, 0.15) is 0 Å². The fraction of sp³-hybridized carbons (Fsp3) is 0.444. The Morgan fingerprint density at radius 3 is 2.88 bits per heavy atom. The first-order chi connectivity index (χ1) is 11.6. The highest BCUT2D eigenvalue weighted by Crippen LogP contribution is 2.35. The largest absolute Gasteiger partial charge is 0.354 e. The van der Waals surface area contributed by atoms with E-state index in [-0.39, 0.29) is 24.0 Å². The lowest BCUT2D eigenvalue weighted by Gasteiger charge is -2.28. The van der Waals surface area contributed by atoms with Crippen molar-refractivity contribution in [2.75, 3.05) is 19.6 Å². The van der Waals surface area contributed by atoms with E-state index in [0.29, 0.717) is 31.5 Å². The highest BCUT2D eigenvalue weighted by molar-refractivity contribution is 5.98. The van der Waals surface area contributed by atoms with E-state index in [9.17, 15) is 9.59 Å². The van der Waals surface area contributed by atoms with Crippen molar-refractivity contribution in [1.29, 1.82) is 0 Å². The quantitative estimate of drug-likeness (QED) is 0.776. The maximum Gasteiger partial charge on any atom is 0.254 e. The number of carbonyl (C=O) groups excluding carboxylic acids is 2. The molecule has 0 radical (unpaired) electrons. The Morgan fingerprint density at radius 1 is 1.33 bits per heavy atom. The Hall–Kier alpha value is -2.68. The second-order valence-corrected chi connectivity index (χ2v) is 6.12. The normalized spacial score (nSPS) is 17.1. The van der Waals surface area contributed by atoms with Crippen molar-refractivity contribution >= 4 is 11.8 Å². The number of terminal acetylenes is 1. The van der Waals surface area contributed by atoms with Crippen molar-refractivity contribution in [2.24, 2.45) is 10.2 Å². The van der Waals surface area contributed by atoms with Crippen LogP contribution in [0.1, 0.15) is 35.2 Å². The van der Waals surface area contributed by atoms with Gasteiger partial charge in [-0.1, -0.05) is 18.2 Å². The molecular formula is C18H20N4O2. The summed E-state index contributed by atoms with van der Waals surface area (Å²) in [5.74, 6) is 2.34. The molecule has 2 amide bonds. The second-order valence-electron chi connectivity index (χ2n) is 6.12. The zero-order valence-electron chi connectivity index (χ0n) is 13.5. The zero-order chi connectivity index (χ0) is 17.0. The summed E-state index contributed by atoms with van der Waals surface area (Å²) in [5, 5.41) is 10.9. The van der Waals surface area contributed by atoms with E-state index in [1.807, 2.05) is 24.3 Å². The zero-order valence-corrected chi connectivity index (χ0v) is 13.5. The Balaban J connectivity index is 1.45. The first kappa shape index (κ1) is 16.2. The summed E-state index contributed by atoms with van der Waals surface area (Å²) in [6.07, 6.45) is 8.03. The first-order valence-electron chi connectivity index (χ1n) is 8.15. The minimum atomic E-state index is -0.389. The summed E-state index contributed by atoms with van der Waals surface area (Å²) in [6.45, 7) is 1.13. The molecule has 1 aromatic carbocycles. The number of nitrogens with one attached hydrogen (secondary N) is 1. The third-order valence-electron chi connectivity index (χ3n) is 4.42. The molecule has 1 N–H and O–H groups in total. The summed E-state index contributed by atoms with van der Waals surface area (Å²) in [7, 11) is 0. The van der Waals surface area contributed by atoms with Gasteiger partial charge < -0.3 is 10.2 Å². The smallest absolute Gasteiger partial charge is 0.254 e. The molecule has 0 atom stereocenters. The van der Waals surface area contributed by atoms with Gasteiger partial charge in [0, 0.05) is 37.9 Å². The monoisotopic (exact) mass is 324 g/mol. The second kappa shape index (κ2) is 6.83. The molecule has 2 aliphatic rings. The Labute approximate surface area is 141 Å². The summed E-state index contributed by atoms with van der Waals surface area (Å²) >= 11 is 0. The number of benzene rings is 1. The number of carbonyl (C=O) groups is 2. The average molecular weight is 324 g/mol. The Bertz CT molecular complexity index is 714. The molecule has 0 saturated heterocycles. The lowest BCUT2D eigenvalue weighted by molar-refractivity contribution is -0.121. The first-order valence-corrected chi connectivity index (χ1v) is 8.15. The van der Waals surface area contributed by atoms with Crippen LogP contribution in [0.2, 0.25) is 0 Å². The van der Waals surface area contributed by atoms with Crippen LogP contribution in [0.25, 0.3) is 0 Å². The SMILES string of the molecule is C#CCCC1(CCNC(=O)CN2CCc3ccccc3C2=O)N=N1. The Kier molecular flexibility index (Phi) is 4.61. The maximum atomic E-state index is 12.4. The highest BCUT2D eigenvalue weighted by atomic mass is 16.2. The molecule has 2 heterocycles. The van der Waals surface area contributed by atoms with Gasteiger partial charge in [-0.25, -0.2) is 0 Å². The molecule has 24 heavy (non-hydrogen) atoms. The molecule has 124 valence electrons. The van der Waals surface area contributed by atoms with E-state index in [1.165, 1.54) is 0 Å². The molecule has 0 spiro atoms. The lowest BCUT2D eigenvalue weighted by atomic mass is 9.99. The molecular weight excluding hydrogens is 304 g/mol. The van der Waals surface area contributed by atoms with Crippen molar-refractivity contribution in [3.63, 3.8) is 0 Å². The van der Waals surface area contributed by atoms with Crippen LogP contribution >= 0.6 is 0 Å². The lowest BCUT2D eigenvalue weighted by Crippen LogP contribution is -2.44. The van der Waals surface area contributed by atoms with Gasteiger partial charge in [-0.2, -0.15) is 10.2 Å². The third kappa shape index (κ3) is 3.62. The minimum absolute atomic E-state index is 0.0790. The molecule has 3 rings (SSSR count). The predicted molar refractivity (Wildman–Crippen MR) is 89.3 cm³/mol. The molecule has 6 heteroatoms. The fourth-order valence-electron chi connectivity index (χ4n) is 2.92. The van der Waals surface area contributed by atoms with Crippen molar-refractivity contribution in [2.45, 2.75) is 31.3 Å². The van der Waals surface area contributed by atoms with Crippen LogP contribution in [0.3, 0.4) is 0 Å². The van der Waals surface area contributed by atoms with Crippen molar-refractivity contribution < 1.29 is 9.59 Å². The molecule has 0 fully saturated rings. The summed E-state index contributed by atoms with van der Waals surface area (Å²) in [4.78, 5) is 26.1. The van der Waals surface area contributed by atoms with Gasteiger partial charge in [-0.05, 0) is 18.1 Å². The Morgan fingerprint density at radius 2 is 2.12 bits per heavy atom. The van der Waals surface area contributed by atoms with Crippen LogP contribution in [0, 0.1) is 12.3 Å². The van der Waals surface area contributed by atoms with Crippen LogP contribution in [-0.4, -0.2) is 42.0 Å². The predicted octanol–water partition coefficient (Wildman–Crippen LogP) is 1.77. The van der Waals surface area contributed by atoms with Gasteiger partial charge in [0.2, 0.25) is 5.91 Å². The summed E-state index contributed by atoms with van der Waals surface area (Å²) < 4.78 is 0. The van der Waals surface area contributed by atoms with E-state index in [0.717, 1.165) is 18.4 Å². The highest BCUT2D eigenvalue weighted by Gasteiger charge is 2.38. The van der Waals surface area contributed by atoms with Crippen LogP contribution in [0.15, 0.2) is 34.5 Å². The van der Waals surface area contributed by atoms with Gasteiger partial charge in [-0.15, -0.1) is 12.3 Å². The van der Waals surface area contributed by atoms with Crippen LogP contribution in [0.5, 0.6) is 0 Å². The number of hydrogen-bond donors (Lipinski definition) is 1. The molecule has 0 unspecified atom stereocenters. The van der Waals surface area contributed by atoms with Gasteiger partial charge in [0.25, 0.3) is 5.91 Å². The van der Waals surface area contributed by atoms with Gasteiger partial charge in [0.15, 0.2) is 5.66 Å². The van der Waals surface area contributed by atoms with Crippen LogP contribution in [-0.2, 0) is 11.2 Å². The molecule has 6 nitrogen and oxygen atoms in total. The van der Waals surface area contributed by atoms with Crippen molar-refractivity contribution in [3.8, 4) is 12.3 Å². The number of nitrogens with zero attached hydrogens (tertiary/aromatic N) is 3. The van der Waals surface area contributed by atoms with Crippen LogP contribution in [0.4, 0.5) is 0 Å². The fourth-order valence-corrected chi connectivity index (χ4v) is 2.92. The van der Waals surface area contributed by atoms with E-state index < -0.39 is 0 Å². The standard InChI is InChI=1S/C18H20N4O2/c1-2-3-9-18(20-21-18)10-11-19-16(23)13-22-12-8-14-6-4-5-7-15(14)17(22)24/h1,4-7H,3,8-13H2,(H,19,23). The molecule has 2 aliphatic heterocycles. The molecule has 0 aliphatic carbocycles. The number of hydrogen-bond acceptors (Lipinski definition) is 4. The third-order valence-corrected chi connectivity index (χ3v) is 4.42. The van der Waals surface area contributed by atoms with E-state index >= 15 is 0 Å². The average Bonchev–Trinajstić information content (AvgIpc) is 3.36. The maximum absolute atomic E-state index is 12.4. The van der Waals surface area contributed by atoms with Gasteiger partial charge in [-0.3, -0.25) is 9.59 Å².